The maximum absolute atomic E-state index is 10.8. The molecular formula is C11H10ClN5O2. The Morgan fingerprint density at radius 2 is 2.21 bits per heavy atom. The minimum Gasteiger partial charge on any atom is -0.359 e. The summed E-state index contributed by atoms with van der Waals surface area (Å²) in [6.07, 6.45) is 1.07. The van der Waals surface area contributed by atoms with Gasteiger partial charge in [-0.3, -0.25) is 15.1 Å². The number of halogens is 1. The molecule has 0 unspecified atom stereocenters. The predicted molar refractivity (Wildman–Crippen MR) is 70.0 cm³/mol. The summed E-state index contributed by atoms with van der Waals surface area (Å²) in [5, 5.41) is 13.6. The summed E-state index contributed by atoms with van der Waals surface area (Å²) < 4.78 is 0. The number of anilines is 1. The highest BCUT2D eigenvalue weighted by atomic mass is 35.5. The van der Waals surface area contributed by atoms with Gasteiger partial charge in [0.05, 0.1) is 17.2 Å². The summed E-state index contributed by atoms with van der Waals surface area (Å²) in [5.74, 6) is 0.0771. The molecule has 0 atom stereocenters. The highest BCUT2D eigenvalue weighted by molar-refractivity contribution is 6.28. The van der Waals surface area contributed by atoms with Crippen molar-refractivity contribution in [1.82, 2.24) is 15.0 Å². The van der Waals surface area contributed by atoms with Gasteiger partial charge in [-0.05, 0) is 30.7 Å². The Morgan fingerprint density at radius 1 is 1.42 bits per heavy atom. The van der Waals surface area contributed by atoms with Crippen molar-refractivity contribution in [2.45, 2.75) is 13.5 Å². The molecule has 2 aromatic heterocycles. The average Bonchev–Trinajstić information content (AvgIpc) is 2.36. The zero-order chi connectivity index (χ0) is 13.8. The summed E-state index contributed by atoms with van der Waals surface area (Å²) in [5.41, 5.74) is 1.40. The van der Waals surface area contributed by atoms with Crippen LogP contribution in [0.4, 0.5) is 11.5 Å². The molecule has 8 heteroatoms. The van der Waals surface area contributed by atoms with Crippen LogP contribution < -0.4 is 5.32 Å². The fraction of sp³-hybridized carbons (Fsp3) is 0.182. The number of hydrogen-bond donors (Lipinski definition) is 1. The van der Waals surface area contributed by atoms with Crippen LogP contribution in [0.15, 0.2) is 24.4 Å². The van der Waals surface area contributed by atoms with Gasteiger partial charge in [0.2, 0.25) is 11.1 Å². The van der Waals surface area contributed by atoms with E-state index < -0.39 is 4.92 Å². The van der Waals surface area contributed by atoms with Crippen molar-refractivity contribution in [3.05, 3.63) is 51.2 Å². The lowest BCUT2D eigenvalue weighted by molar-refractivity contribution is -0.384. The van der Waals surface area contributed by atoms with Gasteiger partial charge in [0.25, 0.3) is 0 Å². The topological polar surface area (TPSA) is 93.8 Å². The monoisotopic (exact) mass is 279 g/mol. The first-order valence-electron chi connectivity index (χ1n) is 5.39. The van der Waals surface area contributed by atoms with Gasteiger partial charge in [0.1, 0.15) is 6.20 Å². The van der Waals surface area contributed by atoms with E-state index in [-0.39, 0.29) is 16.8 Å². The molecule has 0 aliphatic carbocycles. The molecule has 0 saturated heterocycles. The van der Waals surface area contributed by atoms with Crippen molar-refractivity contribution in [3.63, 3.8) is 0 Å². The third-order valence-corrected chi connectivity index (χ3v) is 2.50. The number of aromatic nitrogens is 3. The molecule has 0 bridgehead atoms. The largest absolute Gasteiger partial charge is 0.359 e. The molecule has 0 aromatic carbocycles. The molecule has 0 aliphatic rings. The van der Waals surface area contributed by atoms with Gasteiger partial charge in [-0.25, -0.2) is 4.98 Å². The second-order valence-electron chi connectivity index (χ2n) is 3.75. The standard InChI is InChI=1S/C11H10ClN5O2/c1-7-3-2-4-8(15-7)5-13-10-9(17(18)19)6-14-11(12)16-10/h2-4,6H,5H2,1H3,(H,13,14,16). The molecule has 1 N–H and O–H groups in total. The summed E-state index contributed by atoms with van der Waals surface area (Å²) >= 11 is 5.63. The van der Waals surface area contributed by atoms with E-state index in [1.165, 1.54) is 0 Å². The van der Waals surface area contributed by atoms with E-state index in [0.29, 0.717) is 6.54 Å². The first-order chi connectivity index (χ1) is 9.06. The first-order valence-corrected chi connectivity index (χ1v) is 5.77. The zero-order valence-electron chi connectivity index (χ0n) is 10.00. The number of aryl methyl sites for hydroxylation is 1. The lowest BCUT2D eigenvalue weighted by Gasteiger charge is -2.06. The van der Waals surface area contributed by atoms with E-state index in [1.54, 1.807) is 0 Å². The third kappa shape index (κ3) is 3.35. The summed E-state index contributed by atoms with van der Waals surface area (Å²) in [6, 6.07) is 5.54. The lowest BCUT2D eigenvalue weighted by Crippen LogP contribution is -2.07. The molecule has 0 amide bonds. The van der Waals surface area contributed by atoms with Crippen molar-refractivity contribution in [2.75, 3.05) is 5.32 Å². The van der Waals surface area contributed by atoms with E-state index >= 15 is 0 Å². The second kappa shape index (κ2) is 5.57. The van der Waals surface area contributed by atoms with Gasteiger partial charge in [0, 0.05) is 5.69 Å². The Kier molecular flexibility index (Phi) is 3.86. The molecule has 0 saturated carbocycles. The van der Waals surface area contributed by atoms with Crippen LogP contribution in [0.2, 0.25) is 5.28 Å². The molecule has 2 aromatic rings. The quantitative estimate of drug-likeness (QED) is 0.524. The molecule has 0 radical (unpaired) electrons. The van der Waals surface area contributed by atoms with Gasteiger partial charge >= 0.3 is 5.69 Å². The Hall–Kier alpha value is -2.28. The summed E-state index contributed by atoms with van der Waals surface area (Å²) in [7, 11) is 0. The molecule has 2 rings (SSSR count). The number of nitrogens with zero attached hydrogens (tertiary/aromatic N) is 4. The SMILES string of the molecule is Cc1cccc(CNc2nc(Cl)ncc2[N+](=O)[O-])n1. The van der Waals surface area contributed by atoms with Gasteiger partial charge in [0.15, 0.2) is 0 Å². The Labute approximate surface area is 113 Å². The van der Waals surface area contributed by atoms with Crippen LogP contribution in [0, 0.1) is 17.0 Å². The number of rotatable bonds is 4. The molecule has 19 heavy (non-hydrogen) atoms. The zero-order valence-corrected chi connectivity index (χ0v) is 10.8. The lowest BCUT2D eigenvalue weighted by atomic mass is 10.3. The van der Waals surface area contributed by atoms with Crippen molar-refractivity contribution in [1.29, 1.82) is 0 Å². The number of pyridine rings is 1. The fourth-order valence-corrected chi connectivity index (χ4v) is 1.62. The van der Waals surface area contributed by atoms with Crippen LogP contribution in [0.5, 0.6) is 0 Å². The van der Waals surface area contributed by atoms with Crippen LogP contribution in [-0.4, -0.2) is 19.9 Å². The Balaban J connectivity index is 2.19. The molecule has 98 valence electrons. The van der Waals surface area contributed by atoms with Crippen molar-refractivity contribution < 1.29 is 4.92 Å². The minimum absolute atomic E-state index is 0.0506. The molecule has 0 spiro atoms. The first kappa shape index (κ1) is 13.2. The molecule has 7 nitrogen and oxygen atoms in total. The van der Waals surface area contributed by atoms with Gasteiger partial charge in [-0.2, -0.15) is 4.98 Å². The molecule has 2 heterocycles. The van der Waals surface area contributed by atoms with E-state index in [2.05, 4.69) is 20.3 Å². The molecule has 0 aliphatic heterocycles. The summed E-state index contributed by atoms with van der Waals surface area (Å²) in [4.78, 5) is 21.9. The van der Waals surface area contributed by atoms with E-state index in [4.69, 9.17) is 11.6 Å². The van der Waals surface area contributed by atoms with Gasteiger partial charge in [-0.1, -0.05) is 6.07 Å². The maximum Gasteiger partial charge on any atom is 0.329 e. The van der Waals surface area contributed by atoms with E-state index in [1.807, 2.05) is 25.1 Å². The average molecular weight is 280 g/mol. The third-order valence-electron chi connectivity index (χ3n) is 2.32. The minimum atomic E-state index is -0.567. The smallest absolute Gasteiger partial charge is 0.329 e. The van der Waals surface area contributed by atoms with Crippen molar-refractivity contribution >= 4 is 23.1 Å². The van der Waals surface area contributed by atoms with Crippen molar-refractivity contribution in [3.8, 4) is 0 Å². The van der Waals surface area contributed by atoms with E-state index in [9.17, 15) is 10.1 Å². The summed E-state index contributed by atoms with van der Waals surface area (Å²) in [6.45, 7) is 2.18. The van der Waals surface area contributed by atoms with E-state index in [0.717, 1.165) is 17.6 Å². The van der Waals surface area contributed by atoms with Crippen LogP contribution in [-0.2, 0) is 6.54 Å². The van der Waals surface area contributed by atoms with Gasteiger partial charge < -0.3 is 5.32 Å². The number of hydrogen-bond acceptors (Lipinski definition) is 6. The second-order valence-corrected chi connectivity index (χ2v) is 4.09. The Bertz CT molecular complexity index is 620. The number of nitro groups is 1. The van der Waals surface area contributed by atoms with Crippen LogP contribution in [0.1, 0.15) is 11.4 Å². The van der Waals surface area contributed by atoms with Crippen LogP contribution in [0.25, 0.3) is 0 Å². The van der Waals surface area contributed by atoms with Crippen LogP contribution in [0.3, 0.4) is 0 Å². The normalized spacial score (nSPS) is 10.2. The Morgan fingerprint density at radius 3 is 2.89 bits per heavy atom. The highest BCUT2D eigenvalue weighted by Crippen LogP contribution is 2.22. The predicted octanol–water partition coefficient (Wildman–Crippen LogP) is 2.35. The van der Waals surface area contributed by atoms with Crippen molar-refractivity contribution in [2.24, 2.45) is 0 Å². The fourth-order valence-electron chi connectivity index (χ4n) is 1.49. The van der Waals surface area contributed by atoms with Gasteiger partial charge in [-0.15, -0.1) is 0 Å². The molecule has 0 fully saturated rings. The van der Waals surface area contributed by atoms with Crippen LogP contribution >= 0.6 is 11.6 Å². The number of nitrogens with one attached hydrogen (secondary N) is 1. The maximum atomic E-state index is 10.8. The molecular weight excluding hydrogens is 270 g/mol. The highest BCUT2D eigenvalue weighted by Gasteiger charge is 2.16.